The molecular formula is C14H13ClIN. The number of nitrogens with one attached hydrogen (secondary N) is 1. The molecule has 2 aromatic carbocycles. The smallest absolute Gasteiger partial charge is 0.0474 e. The first-order chi connectivity index (χ1) is 8.28. The van der Waals surface area contributed by atoms with Crippen molar-refractivity contribution in [1.82, 2.24) is 0 Å². The first-order valence-corrected chi connectivity index (χ1v) is 7.02. The van der Waals surface area contributed by atoms with Gasteiger partial charge in [-0.15, -0.1) is 11.6 Å². The molecule has 0 amide bonds. The largest absolute Gasteiger partial charge is 0.381 e. The van der Waals surface area contributed by atoms with Crippen LogP contribution in [0.4, 0.5) is 5.69 Å². The summed E-state index contributed by atoms with van der Waals surface area (Å²) in [5.41, 5.74) is 3.55. The van der Waals surface area contributed by atoms with Gasteiger partial charge in [-0.05, 0) is 58.0 Å². The van der Waals surface area contributed by atoms with Crippen molar-refractivity contribution in [3.05, 3.63) is 63.2 Å². The van der Waals surface area contributed by atoms with Crippen molar-refractivity contribution in [2.75, 3.05) is 5.32 Å². The Hall–Kier alpha value is -0.740. The maximum absolute atomic E-state index is 5.75. The second-order valence-electron chi connectivity index (χ2n) is 3.81. The van der Waals surface area contributed by atoms with Gasteiger partial charge in [-0.2, -0.15) is 0 Å². The predicted octanol–water partition coefficient (Wildman–Crippen LogP) is 4.64. The third-order valence-corrected chi connectivity index (χ3v) is 3.55. The Morgan fingerprint density at radius 2 is 1.47 bits per heavy atom. The van der Waals surface area contributed by atoms with Gasteiger partial charge < -0.3 is 5.32 Å². The van der Waals surface area contributed by atoms with E-state index in [2.05, 4.69) is 64.3 Å². The highest BCUT2D eigenvalue weighted by atomic mass is 127. The number of benzene rings is 2. The minimum atomic E-state index is 0.567. The van der Waals surface area contributed by atoms with Gasteiger partial charge in [0.25, 0.3) is 0 Å². The highest BCUT2D eigenvalue weighted by molar-refractivity contribution is 14.1. The van der Waals surface area contributed by atoms with Crippen LogP contribution in [0.3, 0.4) is 0 Å². The summed E-state index contributed by atoms with van der Waals surface area (Å²) in [4.78, 5) is 0. The quantitative estimate of drug-likeness (QED) is 0.621. The highest BCUT2D eigenvalue weighted by Gasteiger charge is 1.95. The Labute approximate surface area is 120 Å². The fourth-order valence-corrected chi connectivity index (χ4v) is 2.06. The van der Waals surface area contributed by atoms with E-state index in [1.807, 2.05) is 12.1 Å². The number of hydrogen-bond donors (Lipinski definition) is 1. The van der Waals surface area contributed by atoms with E-state index >= 15 is 0 Å². The highest BCUT2D eigenvalue weighted by Crippen LogP contribution is 2.13. The Kier molecular flexibility index (Phi) is 4.68. The molecule has 2 aromatic rings. The van der Waals surface area contributed by atoms with E-state index in [9.17, 15) is 0 Å². The fraction of sp³-hybridized carbons (Fsp3) is 0.143. The lowest BCUT2D eigenvalue weighted by atomic mass is 10.2. The van der Waals surface area contributed by atoms with Gasteiger partial charge in [0.1, 0.15) is 0 Å². The number of anilines is 1. The zero-order chi connectivity index (χ0) is 12.1. The normalized spacial score (nSPS) is 10.2. The maximum atomic E-state index is 5.75. The molecule has 0 aliphatic carbocycles. The van der Waals surface area contributed by atoms with Gasteiger partial charge in [0.2, 0.25) is 0 Å². The summed E-state index contributed by atoms with van der Waals surface area (Å²) in [6, 6.07) is 16.7. The second kappa shape index (κ2) is 6.26. The van der Waals surface area contributed by atoms with Crippen LogP contribution in [-0.4, -0.2) is 0 Å². The number of halogens is 2. The summed E-state index contributed by atoms with van der Waals surface area (Å²) < 4.78 is 1.26. The van der Waals surface area contributed by atoms with Crippen molar-refractivity contribution in [2.45, 2.75) is 12.4 Å². The van der Waals surface area contributed by atoms with Gasteiger partial charge in [-0.3, -0.25) is 0 Å². The van der Waals surface area contributed by atoms with E-state index in [4.69, 9.17) is 11.6 Å². The molecule has 17 heavy (non-hydrogen) atoms. The van der Waals surface area contributed by atoms with E-state index in [1.165, 1.54) is 9.13 Å². The van der Waals surface area contributed by atoms with Crippen LogP contribution in [0.2, 0.25) is 0 Å². The first kappa shape index (κ1) is 12.7. The van der Waals surface area contributed by atoms with Gasteiger partial charge in [0, 0.05) is 21.7 Å². The van der Waals surface area contributed by atoms with Gasteiger partial charge in [-0.1, -0.05) is 24.3 Å². The van der Waals surface area contributed by atoms with Crippen molar-refractivity contribution in [3.63, 3.8) is 0 Å². The molecule has 0 heterocycles. The molecule has 0 atom stereocenters. The predicted molar refractivity (Wildman–Crippen MR) is 82.5 cm³/mol. The lowest BCUT2D eigenvalue weighted by Crippen LogP contribution is -1.99. The van der Waals surface area contributed by atoms with Crippen LogP contribution >= 0.6 is 34.2 Å². The molecule has 2 rings (SSSR count). The molecule has 0 saturated carbocycles. The lowest BCUT2D eigenvalue weighted by Gasteiger charge is -2.07. The average Bonchev–Trinajstić information content (AvgIpc) is 2.39. The summed E-state index contributed by atoms with van der Waals surface area (Å²) in [7, 11) is 0. The summed E-state index contributed by atoms with van der Waals surface area (Å²) in [6.45, 7) is 0.844. The molecule has 0 saturated heterocycles. The second-order valence-corrected chi connectivity index (χ2v) is 5.32. The van der Waals surface area contributed by atoms with E-state index in [0.717, 1.165) is 17.8 Å². The van der Waals surface area contributed by atoms with Crippen molar-refractivity contribution in [2.24, 2.45) is 0 Å². The van der Waals surface area contributed by atoms with Crippen molar-refractivity contribution in [3.8, 4) is 0 Å². The summed E-state index contributed by atoms with van der Waals surface area (Å²) in [5, 5.41) is 3.39. The molecule has 0 radical (unpaired) electrons. The van der Waals surface area contributed by atoms with Gasteiger partial charge >= 0.3 is 0 Å². The molecule has 3 heteroatoms. The van der Waals surface area contributed by atoms with Crippen molar-refractivity contribution < 1.29 is 0 Å². The minimum Gasteiger partial charge on any atom is -0.381 e. The van der Waals surface area contributed by atoms with Crippen molar-refractivity contribution >= 4 is 39.9 Å². The van der Waals surface area contributed by atoms with Gasteiger partial charge in [0.05, 0.1) is 0 Å². The molecule has 88 valence electrons. The van der Waals surface area contributed by atoms with Crippen LogP contribution < -0.4 is 5.32 Å². The Balaban J connectivity index is 1.95. The third-order valence-electron chi connectivity index (χ3n) is 2.52. The number of alkyl halides is 1. The van der Waals surface area contributed by atoms with Gasteiger partial charge in [-0.25, -0.2) is 0 Å². The molecule has 0 fully saturated rings. The zero-order valence-electron chi connectivity index (χ0n) is 9.29. The Morgan fingerprint density at radius 1 is 0.882 bits per heavy atom. The Morgan fingerprint density at radius 3 is 2.06 bits per heavy atom. The van der Waals surface area contributed by atoms with Gasteiger partial charge in [0.15, 0.2) is 0 Å². The third kappa shape index (κ3) is 3.89. The van der Waals surface area contributed by atoms with E-state index < -0.39 is 0 Å². The molecule has 0 spiro atoms. The zero-order valence-corrected chi connectivity index (χ0v) is 12.2. The Bertz CT molecular complexity index is 465. The molecule has 1 nitrogen and oxygen atoms in total. The van der Waals surface area contributed by atoms with Crippen LogP contribution in [0.5, 0.6) is 0 Å². The fourth-order valence-electron chi connectivity index (χ4n) is 1.52. The van der Waals surface area contributed by atoms with Crippen LogP contribution in [0.15, 0.2) is 48.5 Å². The molecular weight excluding hydrogens is 345 g/mol. The van der Waals surface area contributed by atoms with Crippen LogP contribution in [-0.2, 0) is 12.4 Å². The van der Waals surface area contributed by atoms with Crippen LogP contribution in [0.25, 0.3) is 0 Å². The SMILES string of the molecule is ClCc1ccc(NCc2ccc(I)cc2)cc1. The van der Waals surface area contributed by atoms with Crippen LogP contribution in [0.1, 0.15) is 11.1 Å². The first-order valence-electron chi connectivity index (χ1n) is 5.41. The topological polar surface area (TPSA) is 12.0 Å². The van der Waals surface area contributed by atoms with Crippen LogP contribution in [0, 0.1) is 3.57 Å². The molecule has 0 bridgehead atoms. The molecule has 0 aliphatic rings. The summed E-state index contributed by atoms with van der Waals surface area (Å²) in [5.74, 6) is 0.567. The summed E-state index contributed by atoms with van der Waals surface area (Å²) in [6.07, 6.45) is 0. The van der Waals surface area contributed by atoms with E-state index in [0.29, 0.717) is 5.88 Å². The van der Waals surface area contributed by atoms with E-state index in [1.54, 1.807) is 0 Å². The molecule has 1 N–H and O–H groups in total. The monoisotopic (exact) mass is 357 g/mol. The molecule has 0 unspecified atom stereocenters. The standard InChI is InChI=1S/C14H13ClIN/c15-9-11-3-7-14(8-4-11)17-10-12-1-5-13(16)6-2-12/h1-8,17H,9-10H2. The summed E-state index contributed by atoms with van der Waals surface area (Å²) >= 11 is 8.06. The minimum absolute atomic E-state index is 0.567. The molecule has 0 aliphatic heterocycles. The number of rotatable bonds is 4. The number of hydrogen-bond acceptors (Lipinski definition) is 1. The lowest BCUT2D eigenvalue weighted by molar-refractivity contribution is 1.15. The maximum Gasteiger partial charge on any atom is 0.0474 e. The molecule has 0 aromatic heterocycles. The van der Waals surface area contributed by atoms with Crippen molar-refractivity contribution in [1.29, 1.82) is 0 Å². The average molecular weight is 358 g/mol. The van der Waals surface area contributed by atoms with E-state index in [-0.39, 0.29) is 0 Å².